The molecule has 2 nitrogen and oxygen atoms in total. The number of aromatic nitrogens is 1. The van der Waals surface area contributed by atoms with Crippen LogP contribution < -0.4 is 5.32 Å². The highest BCUT2D eigenvalue weighted by atomic mass is 15.0. The van der Waals surface area contributed by atoms with Crippen LogP contribution in [0.4, 0.5) is 0 Å². The molecule has 1 aliphatic carbocycles. The molecule has 0 radical (unpaired) electrons. The molecular weight excluding hydrogens is 208 g/mol. The van der Waals surface area contributed by atoms with Gasteiger partial charge in [-0.15, -0.1) is 0 Å². The molecule has 1 aromatic rings. The van der Waals surface area contributed by atoms with E-state index in [1.807, 2.05) is 18.5 Å². The van der Waals surface area contributed by atoms with Gasteiger partial charge >= 0.3 is 0 Å². The first-order valence-electron chi connectivity index (χ1n) is 6.82. The number of pyridine rings is 1. The first-order chi connectivity index (χ1) is 8.16. The van der Waals surface area contributed by atoms with Gasteiger partial charge in [0.05, 0.1) is 0 Å². The van der Waals surface area contributed by atoms with Gasteiger partial charge in [0.1, 0.15) is 0 Å². The van der Waals surface area contributed by atoms with Gasteiger partial charge in [-0.1, -0.05) is 26.3 Å². The second-order valence-corrected chi connectivity index (χ2v) is 5.68. The molecule has 0 saturated heterocycles. The van der Waals surface area contributed by atoms with Crippen molar-refractivity contribution in [3.05, 3.63) is 30.1 Å². The molecule has 4 unspecified atom stereocenters. The van der Waals surface area contributed by atoms with Crippen LogP contribution in [0.15, 0.2) is 24.5 Å². The van der Waals surface area contributed by atoms with Gasteiger partial charge in [-0.25, -0.2) is 0 Å². The van der Waals surface area contributed by atoms with Crippen LogP contribution in [0.5, 0.6) is 0 Å². The number of nitrogens with one attached hydrogen (secondary N) is 1. The fourth-order valence-electron chi connectivity index (χ4n) is 2.81. The standard InChI is InChI=1S/C15H24N2/c1-11-6-7-12(2)15(9-11)17-13(3)14-5-4-8-16-10-14/h4-5,8,10-13,15,17H,6-7,9H2,1-3H3. The summed E-state index contributed by atoms with van der Waals surface area (Å²) in [5, 5.41) is 3.78. The summed E-state index contributed by atoms with van der Waals surface area (Å²) >= 11 is 0. The normalized spacial score (nSPS) is 31.1. The van der Waals surface area contributed by atoms with Gasteiger partial charge in [0.2, 0.25) is 0 Å². The summed E-state index contributed by atoms with van der Waals surface area (Å²) < 4.78 is 0. The summed E-state index contributed by atoms with van der Waals surface area (Å²) in [5.41, 5.74) is 1.29. The van der Waals surface area contributed by atoms with Crippen LogP contribution in [0.1, 0.15) is 51.6 Å². The molecule has 1 heterocycles. The SMILES string of the molecule is CC1CCC(C)C(NC(C)c2cccnc2)C1. The van der Waals surface area contributed by atoms with E-state index in [0.29, 0.717) is 12.1 Å². The van der Waals surface area contributed by atoms with Crippen LogP contribution in [-0.2, 0) is 0 Å². The fourth-order valence-corrected chi connectivity index (χ4v) is 2.81. The van der Waals surface area contributed by atoms with E-state index in [1.54, 1.807) is 0 Å². The Hall–Kier alpha value is -0.890. The highest BCUT2D eigenvalue weighted by molar-refractivity contribution is 5.13. The molecule has 1 saturated carbocycles. The minimum atomic E-state index is 0.404. The van der Waals surface area contributed by atoms with E-state index in [4.69, 9.17) is 0 Å². The number of hydrogen-bond donors (Lipinski definition) is 1. The van der Waals surface area contributed by atoms with Crippen LogP contribution in [0.3, 0.4) is 0 Å². The van der Waals surface area contributed by atoms with Gasteiger partial charge in [-0.3, -0.25) is 4.98 Å². The summed E-state index contributed by atoms with van der Waals surface area (Å²) in [6, 6.07) is 5.23. The third-order valence-corrected chi connectivity index (χ3v) is 4.11. The third kappa shape index (κ3) is 3.29. The maximum absolute atomic E-state index is 4.19. The van der Waals surface area contributed by atoms with Crippen molar-refractivity contribution in [2.75, 3.05) is 0 Å². The van der Waals surface area contributed by atoms with Crippen molar-refractivity contribution in [1.29, 1.82) is 0 Å². The Morgan fingerprint density at radius 2 is 2.18 bits per heavy atom. The lowest BCUT2D eigenvalue weighted by molar-refractivity contribution is 0.216. The Bertz CT molecular complexity index is 336. The lowest BCUT2D eigenvalue weighted by Crippen LogP contribution is -2.40. The fraction of sp³-hybridized carbons (Fsp3) is 0.667. The van der Waals surface area contributed by atoms with Crippen LogP contribution in [0.25, 0.3) is 0 Å². The molecule has 94 valence electrons. The van der Waals surface area contributed by atoms with Crippen molar-refractivity contribution in [1.82, 2.24) is 10.3 Å². The van der Waals surface area contributed by atoms with Crippen LogP contribution >= 0.6 is 0 Å². The van der Waals surface area contributed by atoms with Crippen molar-refractivity contribution < 1.29 is 0 Å². The zero-order chi connectivity index (χ0) is 12.3. The zero-order valence-corrected chi connectivity index (χ0v) is 11.2. The van der Waals surface area contributed by atoms with Gasteiger partial charge in [-0.05, 0) is 43.2 Å². The summed E-state index contributed by atoms with van der Waals surface area (Å²) in [5.74, 6) is 1.66. The van der Waals surface area contributed by atoms with Crippen LogP contribution in [0.2, 0.25) is 0 Å². The van der Waals surface area contributed by atoms with E-state index < -0.39 is 0 Å². The molecule has 1 N–H and O–H groups in total. The van der Waals surface area contributed by atoms with Gasteiger partial charge in [0.25, 0.3) is 0 Å². The monoisotopic (exact) mass is 232 g/mol. The predicted octanol–water partition coefficient (Wildman–Crippen LogP) is 3.56. The molecule has 0 spiro atoms. The van der Waals surface area contributed by atoms with Crippen molar-refractivity contribution in [2.24, 2.45) is 11.8 Å². The molecule has 0 bridgehead atoms. The predicted molar refractivity (Wildman–Crippen MR) is 71.8 cm³/mol. The first-order valence-corrected chi connectivity index (χ1v) is 6.82. The molecule has 2 heteroatoms. The van der Waals surface area contributed by atoms with E-state index in [2.05, 4.69) is 37.1 Å². The minimum Gasteiger partial charge on any atom is -0.307 e. The van der Waals surface area contributed by atoms with Crippen LogP contribution in [-0.4, -0.2) is 11.0 Å². The average Bonchev–Trinajstić information content (AvgIpc) is 2.35. The van der Waals surface area contributed by atoms with E-state index >= 15 is 0 Å². The quantitative estimate of drug-likeness (QED) is 0.862. The van der Waals surface area contributed by atoms with Gasteiger partial charge in [-0.2, -0.15) is 0 Å². The van der Waals surface area contributed by atoms with Gasteiger partial charge in [0, 0.05) is 24.5 Å². The zero-order valence-electron chi connectivity index (χ0n) is 11.2. The minimum absolute atomic E-state index is 0.404. The molecule has 0 amide bonds. The van der Waals surface area contributed by atoms with Gasteiger partial charge in [0.15, 0.2) is 0 Å². The lowest BCUT2D eigenvalue weighted by atomic mass is 9.79. The van der Waals surface area contributed by atoms with Crippen molar-refractivity contribution in [2.45, 2.75) is 52.1 Å². The molecular formula is C15H24N2. The second-order valence-electron chi connectivity index (χ2n) is 5.68. The molecule has 17 heavy (non-hydrogen) atoms. The molecule has 1 fully saturated rings. The number of hydrogen-bond acceptors (Lipinski definition) is 2. The molecule has 1 aliphatic rings. The maximum atomic E-state index is 4.19. The molecule has 0 aromatic carbocycles. The highest BCUT2D eigenvalue weighted by Crippen LogP contribution is 2.29. The Kier molecular flexibility index (Phi) is 4.16. The highest BCUT2D eigenvalue weighted by Gasteiger charge is 2.26. The summed E-state index contributed by atoms with van der Waals surface area (Å²) in [6.45, 7) is 6.98. The Labute approximate surface area is 105 Å². The smallest absolute Gasteiger partial charge is 0.0315 e. The number of nitrogens with zero attached hydrogens (tertiary/aromatic N) is 1. The maximum Gasteiger partial charge on any atom is 0.0315 e. The average molecular weight is 232 g/mol. The largest absolute Gasteiger partial charge is 0.307 e. The lowest BCUT2D eigenvalue weighted by Gasteiger charge is -2.35. The first kappa shape index (κ1) is 12.6. The summed E-state index contributed by atoms with van der Waals surface area (Å²) in [6.07, 6.45) is 7.86. The summed E-state index contributed by atoms with van der Waals surface area (Å²) in [4.78, 5) is 4.19. The van der Waals surface area contributed by atoms with E-state index in [0.717, 1.165) is 11.8 Å². The Morgan fingerprint density at radius 3 is 2.88 bits per heavy atom. The molecule has 0 aliphatic heterocycles. The molecule has 2 rings (SSSR count). The van der Waals surface area contributed by atoms with Crippen molar-refractivity contribution >= 4 is 0 Å². The Balaban J connectivity index is 1.96. The Morgan fingerprint density at radius 1 is 1.35 bits per heavy atom. The molecule has 4 atom stereocenters. The topological polar surface area (TPSA) is 24.9 Å². The van der Waals surface area contributed by atoms with Crippen LogP contribution in [0, 0.1) is 11.8 Å². The summed E-state index contributed by atoms with van der Waals surface area (Å²) in [7, 11) is 0. The third-order valence-electron chi connectivity index (χ3n) is 4.11. The van der Waals surface area contributed by atoms with E-state index in [1.165, 1.54) is 24.8 Å². The number of rotatable bonds is 3. The van der Waals surface area contributed by atoms with Gasteiger partial charge < -0.3 is 5.32 Å². The van der Waals surface area contributed by atoms with Crippen molar-refractivity contribution in [3.8, 4) is 0 Å². The van der Waals surface area contributed by atoms with E-state index in [9.17, 15) is 0 Å². The van der Waals surface area contributed by atoms with Crippen molar-refractivity contribution in [3.63, 3.8) is 0 Å². The second kappa shape index (κ2) is 5.63. The van der Waals surface area contributed by atoms with E-state index in [-0.39, 0.29) is 0 Å². The molecule has 1 aromatic heterocycles.